The first kappa shape index (κ1) is 15.0. The molecule has 0 saturated carbocycles. The lowest BCUT2D eigenvalue weighted by Crippen LogP contribution is -2.08. The molecule has 9 heteroatoms. The maximum Gasteiger partial charge on any atom is 0.416 e. The summed E-state index contributed by atoms with van der Waals surface area (Å²) in [7, 11) is 0. The lowest BCUT2D eigenvalue weighted by molar-refractivity contribution is -0.137. The Balaban J connectivity index is 2.39. The van der Waals surface area contributed by atoms with Gasteiger partial charge in [-0.25, -0.2) is 9.78 Å². The summed E-state index contributed by atoms with van der Waals surface area (Å²) in [6.45, 7) is 0. The van der Waals surface area contributed by atoms with Crippen molar-refractivity contribution in [2.75, 3.05) is 5.32 Å². The normalized spacial score (nSPS) is 11.2. The third kappa shape index (κ3) is 3.60. The molecular weight excluding hydrogens is 311 g/mol. The number of nitrogens with one attached hydrogen (secondary N) is 1. The zero-order valence-corrected chi connectivity index (χ0v) is 10.9. The van der Waals surface area contributed by atoms with Gasteiger partial charge in [0.25, 0.3) is 0 Å². The molecule has 0 atom stereocenters. The highest BCUT2D eigenvalue weighted by Crippen LogP contribution is 2.31. The molecule has 0 fully saturated rings. The second-order valence-electron chi connectivity index (χ2n) is 3.91. The molecule has 1 aromatic carbocycles. The number of aromatic nitrogens is 2. The number of hydrogen-bond acceptors (Lipinski definition) is 4. The van der Waals surface area contributed by atoms with Crippen molar-refractivity contribution in [2.24, 2.45) is 0 Å². The summed E-state index contributed by atoms with van der Waals surface area (Å²) in [5.41, 5.74) is -1.15. The Hall–Kier alpha value is -2.35. The van der Waals surface area contributed by atoms with E-state index < -0.39 is 17.7 Å². The maximum atomic E-state index is 12.6. The molecule has 0 radical (unpaired) electrons. The highest BCUT2D eigenvalue weighted by atomic mass is 35.5. The Morgan fingerprint density at radius 1 is 1.33 bits per heavy atom. The fraction of sp³-hybridized carbons (Fsp3) is 0.0833. The molecule has 0 aliphatic heterocycles. The second kappa shape index (κ2) is 5.57. The van der Waals surface area contributed by atoms with E-state index in [-0.39, 0.29) is 22.4 Å². The quantitative estimate of drug-likeness (QED) is 0.846. The molecular formula is C12H7ClF3N3O2. The van der Waals surface area contributed by atoms with Crippen molar-refractivity contribution in [3.63, 3.8) is 0 Å². The van der Waals surface area contributed by atoms with E-state index in [0.29, 0.717) is 0 Å². The Morgan fingerprint density at radius 3 is 2.67 bits per heavy atom. The van der Waals surface area contributed by atoms with Crippen LogP contribution in [-0.4, -0.2) is 21.0 Å². The molecule has 21 heavy (non-hydrogen) atoms. The average Bonchev–Trinajstić information content (AvgIpc) is 2.37. The Labute approximate surface area is 121 Å². The summed E-state index contributed by atoms with van der Waals surface area (Å²) in [5, 5.41) is 11.2. The van der Waals surface area contributed by atoms with Gasteiger partial charge in [0.15, 0.2) is 0 Å². The van der Waals surface area contributed by atoms with Crippen LogP contribution >= 0.6 is 11.6 Å². The Bertz CT molecular complexity index is 692. The molecule has 0 aliphatic rings. The van der Waals surface area contributed by atoms with Gasteiger partial charge in [-0.3, -0.25) is 0 Å². The summed E-state index contributed by atoms with van der Waals surface area (Å²) >= 11 is 5.56. The summed E-state index contributed by atoms with van der Waals surface area (Å²) < 4.78 is 37.8. The summed E-state index contributed by atoms with van der Waals surface area (Å²) in [5.74, 6) is -1.53. The average molecular weight is 318 g/mol. The Kier molecular flexibility index (Phi) is 3.99. The maximum absolute atomic E-state index is 12.6. The topological polar surface area (TPSA) is 75.1 Å². The number of halogens is 4. The van der Waals surface area contributed by atoms with Gasteiger partial charge < -0.3 is 10.4 Å². The summed E-state index contributed by atoms with van der Waals surface area (Å²) in [4.78, 5) is 18.2. The summed E-state index contributed by atoms with van der Waals surface area (Å²) in [6.07, 6.45) is -3.54. The number of aromatic carboxylic acids is 1. The molecule has 2 N–H and O–H groups in total. The predicted octanol–water partition coefficient (Wildman–Crippen LogP) is 3.59. The van der Waals surface area contributed by atoms with Crippen LogP contribution in [0.1, 0.15) is 15.9 Å². The van der Waals surface area contributed by atoms with Crippen molar-refractivity contribution in [3.8, 4) is 0 Å². The molecule has 0 amide bonds. The van der Waals surface area contributed by atoms with Crippen LogP contribution in [0.25, 0.3) is 0 Å². The molecule has 2 rings (SSSR count). The number of carboxylic acids is 1. The first-order valence-corrected chi connectivity index (χ1v) is 5.85. The molecule has 1 aromatic heterocycles. The van der Waals surface area contributed by atoms with Crippen LogP contribution < -0.4 is 5.32 Å². The number of benzene rings is 1. The number of nitrogens with zero attached hydrogens (tertiary/aromatic N) is 2. The van der Waals surface area contributed by atoms with Gasteiger partial charge in [-0.2, -0.15) is 18.2 Å². The highest BCUT2D eigenvalue weighted by molar-refractivity contribution is 6.28. The van der Waals surface area contributed by atoms with E-state index in [1.807, 2.05) is 0 Å². The predicted molar refractivity (Wildman–Crippen MR) is 68.7 cm³/mol. The standard InChI is InChI=1S/C12H7ClF3N3O2/c13-11-17-5-8(10(20)21)9(19-11)18-7-3-1-2-6(4-7)12(14,15)16/h1-5H,(H,20,21)(H,17,18,19). The smallest absolute Gasteiger partial charge is 0.416 e. The lowest BCUT2D eigenvalue weighted by Gasteiger charge is -2.11. The zero-order chi connectivity index (χ0) is 15.6. The van der Waals surface area contributed by atoms with Crippen molar-refractivity contribution >= 4 is 29.1 Å². The van der Waals surface area contributed by atoms with Crippen molar-refractivity contribution < 1.29 is 23.1 Å². The van der Waals surface area contributed by atoms with Gasteiger partial charge in [-0.15, -0.1) is 0 Å². The van der Waals surface area contributed by atoms with Crippen LogP contribution in [0.5, 0.6) is 0 Å². The van der Waals surface area contributed by atoms with Crippen LogP contribution in [0.4, 0.5) is 24.7 Å². The lowest BCUT2D eigenvalue weighted by atomic mass is 10.2. The van der Waals surface area contributed by atoms with Crippen molar-refractivity contribution in [3.05, 3.63) is 46.9 Å². The number of rotatable bonds is 3. The SMILES string of the molecule is O=C(O)c1cnc(Cl)nc1Nc1cccc(C(F)(F)F)c1. The van der Waals surface area contributed by atoms with E-state index in [1.165, 1.54) is 12.1 Å². The van der Waals surface area contributed by atoms with Crippen LogP contribution in [0.2, 0.25) is 5.28 Å². The molecule has 0 unspecified atom stereocenters. The van der Waals surface area contributed by atoms with Gasteiger partial charge in [0.05, 0.1) is 5.56 Å². The number of alkyl halides is 3. The molecule has 1 heterocycles. The van der Waals surface area contributed by atoms with Crippen LogP contribution in [0, 0.1) is 0 Å². The number of carbonyl (C=O) groups is 1. The van der Waals surface area contributed by atoms with Crippen LogP contribution in [0.3, 0.4) is 0 Å². The molecule has 0 saturated heterocycles. The number of anilines is 2. The van der Waals surface area contributed by atoms with E-state index in [0.717, 1.165) is 18.3 Å². The number of carboxylic acid groups (broad SMARTS) is 1. The van der Waals surface area contributed by atoms with Gasteiger partial charge in [0.2, 0.25) is 5.28 Å². The molecule has 0 aliphatic carbocycles. The summed E-state index contributed by atoms with van der Waals surface area (Å²) in [6, 6.07) is 4.27. The third-order valence-corrected chi connectivity index (χ3v) is 2.62. The molecule has 0 bridgehead atoms. The van der Waals surface area contributed by atoms with Crippen LogP contribution in [-0.2, 0) is 6.18 Å². The van der Waals surface area contributed by atoms with Crippen molar-refractivity contribution in [1.29, 1.82) is 0 Å². The van der Waals surface area contributed by atoms with Crippen molar-refractivity contribution in [2.45, 2.75) is 6.18 Å². The van der Waals surface area contributed by atoms with Gasteiger partial charge in [0, 0.05) is 11.9 Å². The van der Waals surface area contributed by atoms with E-state index in [9.17, 15) is 18.0 Å². The fourth-order valence-corrected chi connectivity index (χ4v) is 1.66. The van der Waals surface area contributed by atoms with Crippen molar-refractivity contribution in [1.82, 2.24) is 9.97 Å². The first-order valence-electron chi connectivity index (χ1n) is 5.47. The largest absolute Gasteiger partial charge is 0.477 e. The first-order chi connectivity index (χ1) is 9.77. The second-order valence-corrected chi connectivity index (χ2v) is 4.25. The molecule has 2 aromatic rings. The molecule has 0 spiro atoms. The highest BCUT2D eigenvalue weighted by Gasteiger charge is 2.30. The Morgan fingerprint density at radius 2 is 2.05 bits per heavy atom. The fourth-order valence-electron chi connectivity index (χ4n) is 1.52. The van der Waals surface area contributed by atoms with E-state index in [2.05, 4.69) is 15.3 Å². The minimum Gasteiger partial charge on any atom is -0.477 e. The molecule has 5 nitrogen and oxygen atoms in total. The van der Waals surface area contributed by atoms with Gasteiger partial charge in [0.1, 0.15) is 11.4 Å². The van der Waals surface area contributed by atoms with Gasteiger partial charge in [-0.1, -0.05) is 6.07 Å². The van der Waals surface area contributed by atoms with Crippen LogP contribution in [0.15, 0.2) is 30.5 Å². The number of hydrogen-bond donors (Lipinski definition) is 2. The van der Waals surface area contributed by atoms with E-state index >= 15 is 0 Å². The minimum absolute atomic E-state index is 0.0297. The monoisotopic (exact) mass is 317 g/mol. The van der Waals surface area contributed by atoms with Gasteiger partial charge >= 0.3 is 12.1 Å². The van der Waals surface area contributed by atoms with E-state index in [1.54, 1.807) is 0 Å². The molecule has 110 valence electrons. The minimum atomic E-state index is -4.50. The zero-order valence-electron chi connectivity index (χ0n) is 10.1. The van der Waals surface area contributed by atoms with E-state index in [4.69, 9.17) is 16.7 Å². The van der Waals surface area contributed by atoms with Gasteiger partial charge in [-0.05, 0) is 29.8 Å². The third-order valence-electron chi connectivity index (χ3n) is 2.44.